The van der Waals surface area contributed by atoms with Crippen LogP contribution in [0.2, 0.25) is 0 Å². The van der Waals surface area contributed by atoms with Gasteiger partial charge in [-0.2, -0.15) is 0 Å². The summed E-state index contributed by atoms with van der Waals surface area (Å²) in [5, 5.41) is 15.8. The molecule has 0 spiro atoms. The van der Waals surface area contributed by atoms with Crippen LogP contribution in [0.5, 0.6) is 0 Å². The van der Waals surface area contributed by atoms with E-state index in [-0.39, 0.29) is 16.5 Å². The van der Waals surface area contributed by atoms with E-state index in [1.807, 2.05) is 13.8 Å². The molecule has 0 amide bonds. The Kier molecular flexibility index (Phi) is 53.7. The van der Waals surface area contributed by atoms with Crippen LogP contribution in [0.25, 0.3) is 16.9 Å². The molecule has 0 bridgehead atoms. The zero-order chi connectivity index (χ0) is 57.1. The van der Waals surface area contributed by atoms with Gasteiger partial charge < -0.3 is 15.7 Å². The summed E-state index contributed by atoms with van der Waals surface area (Å²) in [6, 6.07) is 10.1. The molecule has 2 N–H and O–H groups in total. The number of hydrogen-bond acceptors (Lipinski definition) is 2. The molecule has 0 fully saturated rings. The first-order chi connectivity index (χ1) is 38.3. The van der Waals surface area contributed by atoms with Crippen LogP contribution in [-0.2, 0) is 55.0 Å². The zero-order valence-corrected chi connectivity index (χ0v) is 55.1. The smallest absolute Gasteiger partial charge is 0.210 e. The van der Waals surface area contributed by atoms with E-state index in [2.05, 4.69) is 78.8 Å². The molecule has 3 rings (SSSR count). The quantitative estimate of drug-likeness (QED) is 0.0394. The van der Waals surface area contributed by atoms with Crippen molar-refractivity contribution in [2.75, 3.05) is 13.2 Å². The Morgan fingerprint density at radius 1 is 0.304 bits per heavy atom. The summed E-state index contributed by atoms with van der Waals surface area (Å²) in [5.74, 6) is 0. The second-order valence-electron chi connectivity index (χ2n) is 23.9. The summed E-state index contributed by atoms with van der Waals surface area (Å²) in [4.78, 5) is 0. The molecule has 1 aliphatic heterocycles. The third-order valence-corrected chi connectivity index (χ3v) is 16.5. The van der Waals surface area contributed by atoms with Gasteiger partial charge in [-0.15, -0.1) is 0 Å². The summed E-state index contributed by atoms with van der Waals surface area (Å²) >= 11 is 0. The number of unbranched alkanes of at least 4 members (excludes halogenated alkanes) is 31. The molecule has 0 aliphatic carbocycles. The van der Waals surface area contributed by atoms with Crippen LogP contribution in [-0.4, -0.2) is 28.1 Å². The zero-order valence-electron chi connectivity index (χ0n) is 54.1. The molecule has 1 aliphatic rings. The van der Waals surface area contributed by atoms with Gasteiger partial charge in [-0.3, -0.25) is 0 Å². The third kappa shape index (κ3) is 35.6. The number of aryl methyl sites for hydroxylation is 4. The second-order valence-corrected chi connectivity index (χ2v) is 23.9. The standard InChI is InChI=1S/C68H116N2.2C3H8O.Ni/c1-8-15-22-24-26-28-30-32-34-36-38-40-42-44-51-65-58(46-17-10-3)53-63(54-59(65)47-18-11-4)67-57-62(50-21-14-7)68(70(67)69)64-55-60(48-19-12-5)66(61(56-64)49-20-13-6)52-45-43-41-39-37-35-33-31-29-27-25-23-16-9-2;2*1-2-3-4;/h53-57H,8-52H2,1-7H3;2*4H,2-3H2,1H3;. The van der Waals surface area contributed by atoms with Gasteiger partial charge in [-0.25, -0.2) is 4.70 Å². The van der Waals surface area contributed by atoms with Gasteiger partial charge in [0.25, 0.3) is 0 Å². The molecule has 4 nitrogen and oxygen atoms in total. The monoisotopic (exact) mass is 1140 g/mol. The average molecular weight is 1140 g/mol. The molecular weight excluding hydrogens is 1010 g/mol. The minimum atomic E-state index is 0. The number of aliphatic hydroxyl groups excluding tert-OH is 2. The van der Waals surface area contributed by atoms with Gasteiger partial charge in [0.1, 0.15) is 0 Å². The molecule has 0 radical (unpaired) electrons. The molecule has 1 heterocycles. The van der Waals surface area contributed by atoms with Crippen molar-refractivity contribution in [2.24, 2.45) is 0 Å². The first kappa shape index (κ1) is 76.9. The molecule has 0 atom stereocenters. The van der Waals surface area contributed by atoms with Gasteiger partial charge in [0.2, 0.25) is 11.4 Å². The Bertz CT molecular complexity index is 1730. The third-order valence-electron chi connectivity index (χ3n) is 16.5. The van der Waals surface area contributed by atoms with Crippen LogP contribution >= 0.6 is 0 Å². The van der Waals surface area contributed by atoms with Crippen LogP contribution in [0.3, 0.4) is 0 Å². The second kappa shape index (κ2) is 55.1. The predicted octanol–water partition coefficient (Wildman–Crippen LogP) is 23.9. The molecule has 2 aromatic rings. The van der Waals surface area contributed by atoms with Gasteiger partial charge in [-0.05, 0) is 160 Å². The molecule has 0 saturated carbocycles. The first-order valence-corrected chi connectivity index (χ1v) is 34.8. The maximum Gasteiger partial charge on any atom is 0.210 e. The van der Waals surface area contributed by atoms with Crippen LogP contribution in [0.15, 0.2) is 35.9 Å². The minimum Gasteiger partial charge on any atom is -0.493 e. The van der Waals surface area contributed by atoms with Crippen molar-refractivity contribution in [1.82, 2.24) is 0 Å². The summed E-state index contributed by atoms with van der Waals surface area (Å²) in [5.41, 5.74) is 28.0. The molecule has 460 valence electrons. The number of benzene rings is 2. The topological polar surface area (TPSA) is 65.8 Å². The van der Waals surface area contributed by atoms with E-state index in [1.165, 1.54) is 261 Å². The molecule has 0 aromatic heterocycles. The fraction of sp³-hybridized carbons (Fsp3) is 0.784. The fourth-order valence-corrected chi connectivity index (χ4v) is 11.5. The number of rotatable bonds is 49. The Labute approximate surface area is 503 Å². The van der Waals surface area contributed by atoms with Gasteiger partial charge >= 0.3 is 0 Å². The van der Waals surface area contributed by atoms with Gasteiger partial charge in [0.05, 0.1) is 0 Å². The maximum atomic E-state index is 12.6. The van der Waals surface area contributed by atoms with Gasteiger partial charge in [0, 0.05) is 52.5 Å². The molecule has 2 aromatic carbocycles. The minimum absolute atomic E-state index is 0. The largest absolute Gasteiger partial charge is 0.493 e. The average Bonchev–Trinajstić information content (AvgIpc) is 3.79. The molecule has 79 heavy (non-hydrogen) atoms. The molecule has 0 saturated heterocycles. The van der Waals surface area contributed by atoms with Crippen molar-refractivity contribution < 1.29 is 31.4 Å². The van der Waals surface area contributed by atoms with E-state index in [0.29, 0.717) is 13.2 Å². The Morgan fingerprint density at radius 3 is 0.810 bits per heavy atom. The first-order valence-electron chi connectivity index (χ1n) is 34.8. The number of aliphatic hydroxyl groups is 2. The summed E-state index contributed by atoms with van der Waals surface area (Å²) in [6.45, 7) is 20.8. The molecule has 0 unspecified atom stereocenters. The molecular formula is C74H132N2NiO2. The summed E-state index contributed by atoms with van der Waals surface area (Å²) < 4.78 is 1.65. The summed E-state index contributed by atoms with van der Waals surface area (Å²) in [7, 11) is 0. The van der Waals surface area contributed by atoms with Crippen molar-refractivity contribution in [3.05, 3.63) is 86.0 Å². The van der Waals surface area contributed by atoms with Gasteiger partial charge in [-0.1, -0.05) is 261 Å². The number of hydrogen-bond donors (Lipinski definition) is 2. The predicted molar refractivity (Wildman–Crippen MR) is 348 cm³/mol. The Balaban J connectivity index is 0.00000630. The van der Waals surface area contributed by atoms with Crippen molar-refractivity contribution in [3.63, 3.8) is 0 Å². The SMILES string of the molecule is CCCCCCCCCCCCCCCCc1c(CCCC)cc(C2=CC(CCCC)=C(c3cc(CCCC)c(CCCCCCCCCCCCCCCC)c(CCCC)c3)[N+]2=[N-])cc1CCCC.CCCO.CCCO.[Ni]. The van der Waals surface area contributed by atoms with E-state index >= 15 is 0 Å². The Morgan fingerprint density at radius 2 is 0.544 bits per heavy atom. The van der Waals surface area contributed by atoms with Crippen molar-refractivity contribution in [2.45, 2.75) is 364 Å². The van der Waals surface area contributed by atoms with Crippen molar-refractivity contribution >= 4 is 11.4 Å². The maximum absolute atomic E-state index is 12.6. The van der Waals surface area contributed by atoms with E-state index in [0.717, 1.165) is 69.2 Å². The van der Waals surface area contributed by atoms with E-state index < -0.39 is 0 Å². The van der Waals surface area contributed by atoms with Crippen LogP contribution < -0.4 is 0 Å². The number of nitrogens with zero attached hydrogens (tertiary/aromatic N) is 2. The normalized spacial score (nSPS) is 12.1. The van der Waals surface area contributed by atoms with E-state index in [4.69, 9.17) is 10.2 Å². The fourth-order valence-electron chi connectivity index (χ4n) is 11.5. The number of allylic oxidation sites excluding steroid dienone is 2. The van der Waals surface area contributed by atoms with Crippen LogP contribution in [0, 0.1) is 0 Å². The molecule has 5 heteroatoms. The van der Waals surface area contributed by atoms with Crippen molar-refractivity contribution in [3.8, 4) is 0 Å². The van der Waals surface area contributed by atoms with E-state index in [1.54, 1.807) is 38.1 Å². The Hall–Kier alpha value is -2.07. The summed E-state index contributed by atoms with van der Waals surface area (Å²) in [6.07, 6.45) is 63.6. The van der Waals surface area contributed by atoms with Crippen LogP contribution in [0.1, 0.15) is 370 Å². The van der Waals surface area contributed by atoms with Gasteiger partial charge in [0.15, 0.2) is 0 Å². The van der Waals surface area contributed by atoms with E-state index in [9.17, 15) is 5.53 Å². The van der Waals surface area contributed by atoms with Crippen molar-refractivity contribution in [1.29, 1.82) is 0 Å². The van der Waals surface area contributed by atoms with Crippen LogP contribution in [0.4, 0.5) is 0 Å².